The summed E-state index contributed by atoms with van der Waals surface area (Å²) in [6.45, 7) is 10.1. The van der Waals surface area contributed by atoms with Gasteiger partial charge in [-0.05, 0) is 49.1 Å². The monoisotopic (exact) mass is 459 g/mol. The van der Waals surface area contributed by atoms with Crippen LogP contribution >= 0.6 is 11.6 Å². The second kappa shape index (κ2) is 8.14. The minimum Gasteiger partial charge on any atom is -0.501 e. The Kier molecular flexibility index (Phi) is 5.28. The molecule has 5 rings (SSSR count). The lowest BCUT2D eigenvalue weighted by molar-refractivity contribution is 0.100. The van der Waals surface area contributed by atoms with Gasteiger partial charge < -0.3 is 10.5 Å². The summed E-state index contributed by atoms with van der Waals surface area (Å²) in [4.78, 5) is 20.6. The van der Waals surface area contributed by atoms with Crippen LogP contribution in [0.3, 0.4) is 0 Å². The molecule has 2 aromatic carbocycles. The summed E-state index contributed by atoms with van der Waals surface area (Å²) in [6.07, 6.45) is 3.94. The number of hydrogen-bond donors (Lipinski definition) is 1. The fraction of sp³-hybridized carbons (Fsp3) is 0.280. The first-order valence-electron chi connectivity index (χ1n) is 10.7. The van der Waals surface area contributed by atoms with E-state index in [1.54, 1.807) is 16.9 Å². The van der Waals surface area contributed by atoms with Crippen LogP contribution in [0.4, 0.5) is 5.69 Å². The minimum absolute atomic E-state index is 0.0537. The van der Waals surface area contributed by atoms with Crippen LogP contribution in [0.25, 0.3) is 27.2 Å². The smallest absolute Gasteiger partial charge is 0.237 e. The SMILES string of the molecule is [C-]#[N+]c1c(OC2CC2)cc(C)cc1-c1c(-c2cc(Cl)c3c(c2)C(CN)=NCC3=O)cnn1C. The van der Waals surface area contributed by atoms with Gasteiger partial charge in [-0.3, -0.25) is 14.5 Å². The van der Waals surface area contributed by atoms with E-state index in [-0.39, 0.29) is 25.0 Å². The molecule has 1 aliphatic heterocycles. The highest BCUT2D eigenvalue weighted by Gasteiger charge is 2.28. The minimum atomic E-state index is -0.124. The van der Waals surface area contributed by atoms with Gasteiger partial charge in [0, 0.05) is 35.8 Å². The molecule has 3 aromatic rings. The Morgan fingerprint density at radius 3 is 2.73 bits per heavy atom. The molecule has 33 heavy (non-hydrogen) atoms. The molecule has 2 N–H and O–H groups in total. The van der Waals surface area contributed by atoms with Crippen molar-refractivity contribution in [2.24, 2.45) is 17.8 Å². The highest BCUT2D eigenvalue weighted by molar-refractivity contribution is 6.36. The number of hydrogen-bond acceptors (Lipinski definition) is 5. The highest BCUT2D eigenvalue weighted by atomic mass is 35.5. The number of fused-ring (bicyclic) bond motifs is 1. The molecular weight excluding hydrogens is 438 g/mol. The van der Waals surface area contributed by atoms with Gasteiger partial charge >= 0.3 is 0 Å². The van der Waals surface area contributed by atoms with Crippen LogP contribution in [-0.2, 0) is 7.05 Å². The average molecular weight is 460 g/mol. The van der Waals surface area contributed by atoms with Crippen LogP contribution in [0, 0.1) is 13.5 Å². The van der Waals surface area contributed by atoms with Gasteiger partial charge in [0.15, 0.2) is 5.78 Å². The Morgan fingerprint density at radius 1 is 1.24 bits per heavy atom. The summed E-state index contributed by atoms with van der Waals surface area (Å²) in [5, 5.41) is 4.84. The number of aliphatic imine (C=N–C) groups is 1. The van der Waals surface area contributed by atoms with Gasteiger partial charge in [0.1, 0.15) is 12.3 Å². The third-order valence-corrected chi connectivity index (χ3v) is 6.24. The van der Waals surface area contributed by atoms with E-state index in [0.717, 1.165) is 40.8 Å². The van der Waals surface area contributed by atoms with Gasteiger partial charge in [0.25, 0.3) is 0 Å². The van der Waals surface area contributed by atoms with Crippen molar-refractivity contribution in [3.8, 4) is 28.1 Å². The van der Waals surface area contributed by atoms with Gasteiger partial charge in [-0.1, -0.05) is 17.7 Å². The lowest BCUT2D eigenvalue weighted by Crippen LogP contribution is -2.25. The summed E-state index contributed by atoms with van der Waals surface area (Å²) >= 11 is 6.58. The van der Waals surface area contributed by atoms with E-state index in [1.165, 1.54) is 0 Å². The molecule has 2 heterocycles. The van der Waals surface area contributed by atoms with Gasteiger partial charge in [0.05, 0.1) is 35.3 Å². The third-order valence-electron chi connectivity index (χ3n) is 5.94. The van der Waals surface area contributed by atoms with E-state index in [4.69, 9.17) is 28.6 Å². The Bertz CT molecular complexity index is 1380. The lowest BCUT2D eigenvalue weighted by atomic mass is 9.91. The number of aryl methyl sites for hydroxylation is 2. The lowest BCUT2D eigenvalue weighted by Gasteiger charge is -2.19. The Balaban J connectivity index is 1.71. The number of rotatable bonds is 5. The van der Waals surface area contributed by atoms with Gasteiger partial charge in [-0.25, -0.2) is 4.85 Å². The largest absolute Gasteiger partial charge is 0.501 e. The number of Topliss-reactive ketones (excluding diaryl/α,β-unsaturated/α-hetero) is 1. The standard InChI is InChI=1S/C25H22ClN5O2/c1-13-6-17(24(28-2)22(7-13)33-15-4-5-15)25-18(11-30-31(25)3)14-8-16-20(10-27)29-12-21(32)23(16)19(26)9-14/h6-9,11,15H,4-5,10,12,27H2,1,3H3. The molecule has 1 aliphatic carbocycles. The van der Waals surface area contributed by atoms with Crippen molar-refractivity contribution in [1.82, 2.24) is 9.78 Å². The molecule has 0 atom stereocenters. The number of nitrogens with two attached hydrogens (primary N) is 1. The van der Waals surface area contributed by atoms with Crippen LogP contribution in [-0.4, -0.2) is 40.5 Å². The summed E-state index contributed by atoms with van der Waals surface area (Å²) in [5.41, 5.74) is 12.2. The molecule has 2 aliphatic rings. The van der Waals surface area contributed by atoms with Gasteiger partial charge in [0.2, 0.25) is 5.69 Å². The van der Waals surface area contributed by atoms with Crippen LogP contribution in [0.5, 0.6) is 5.75 Å². The first-order valence-corrected chi connectivity index (χ1v) is 11.1. The average Bonchev–Trinajstić information content (AvgIpc) is 3.51. The van der Waals surface area contributed by atoms with Crippen molar-refractivity contribution in [2.75, 3.05) is 13.1 Å². The molecule has 0 radical (unpaired) electrons. The maximum Gasteiger partial charge on any atom is 0.237 e. The molecule has 1 saturated carbocycles. The zero-order valence-electron chi connectivity index (χ0n) is 18.4. The number of nitrogens with zero attached hydrogens (tertiary/aromatic N) is 4. The van der Waals surface area contributed by atoms with Crippen molar-refractivity contribution in [3.63, 3.8) is 0 Å². The Labute approximate surface area is 196 Å². The summed E-state index contributed by atoms with van der Waals surface area (Å²) < 4.78 is 7.80. The maximum absolute atomic E-state index is 12.5. The summed E-state index contributed by atoms with van der Waals surface area (Å²) in [5.74, 6) is 0.474. The van der Waals surface area contributed by atoms with Gasteiger partial charge in [-0.15, -0.1) is 0 Å². The summed E-state index contributed by atoms with van der Waals surface area (Å²) in [7, 11) is 1.84. The number of carbonyl (C=O) groups excluding carboxylic acids is 1. The molecule has 1 fully saturated rings. The van der Waals surface area contributed by atoms with Crippen molar-refractivity contribution in [1.29, 1.82) is 0 Å². The topological polar surface area (TPSA) is 86.9 Å². The normalized spacial score (nSPS) is 15.1. The number of aromatic nitrogens is 2. The van der Waals surface area contributed by atoms with Crippen molar-refractivity contribution in [2.45, 2.75) is 25.9 Å². The molecule has 0 saturated heterocycles. The predicted molar refractivity (Wildman–Crippen MR) is 129 cm³/mol. The second-order valence-corrected chi connectivity index (χ2v) is 8.80. The Hall–Kier alpha value is -3.47. The number of benzene rings is 2. The van der Waals surface area contributed by atoms with E-state index >= 15 is 0 Å². The van der Waals surface area contributed by atoms with Crippen LogP contribution in [0.1, 0.15) is 34.3 Å². The summed E-state index contributed by atoms with van der Waals surface area (Å²) in [6, 6.07) is 7.55. The van der Waals surface area contributed by atoms with Crippen LogP contribution < -0.4 is 10.5 Å². The highest BCUT2D eigenvalue weighted by Crippen LogP contribution is 2.45. The van der Waals surface area contributed by atoms with Crippen molar-refractivity contribution >= 4 is 28.8 Å². The maximum atomic E-state index is 12.5. The van der Waals surface area contributed by atoms with Crippen LogP contribution in [0.2, 0.25) is 5.02 Å². The van der Waals surface area contributed by atoms with E-state index < -0.39 is 0 Å². The quantitative estimate of drug-likeness (QED) is 0.557. The Morgan fingerprint density at radius 2 is 2.03 bits per heavy atom. The zero-order valence-corrected chi connectivity index (χ0v) is 19.1. The predicted octanol–water partition coefficient (Wildman–Crippen LogP) is 4.75. The van der Waals surface area contributed by atoms with E-state index in [1.807, 2.05) is 32.2 Å². The van der Waals surface area contributed by atoms with Crippen molar-refractivity contribution in [3.05, 3.63) is 63.6 Å². The zero-order chi connectivity index (χ0) is 23.3. The first kappa shape index (κ1) is 21.4. The molecule has 1 aromatic heterocycles. The van der Waals surface area contributed by atoms with Crippen LogP contribution in [0.15, 0.2) is 35.5 Å². The second-order valence-electron chi connectivity index (χ2n) is 8.39. The van der Waals surface area contributed by atoms with E-state index in [0.29, 0.717) is 33.3 Å². The molecular formula is C25H22ClN5O2. The van der Waals surface area contributed by atoms with Crippen molar-refractivity contribution < 1.29 is 9.53 Å². The molecule has 166 valence electrons. The third kappa shape index (κ3) is 3.71. The first-order chi connectivity index (χ1) is 15.9. The molecule has 0 amide bonds. The fourth-order valence-corrected chi connectivity index (χ4v) is 4.57. The number of ketones is 1. The number of carbonyl (C=O) groups is 1. The van der Waals surface area contributed by atoms with Gasteiger partial charge in [-0.2, -0.15) is 5.10 Å². The molecule has 0 unspecified atom stereocenters. The molecule has 8 heteroatoms. The van der Waals surface area contributed by atoms with E-state index in [9.17, 15) is 4.79 Å². The molecule has 0 bridgehead atoms. The number of ether oxygens (including phenoxy) is 1. The molecule has 0 spiro atoms. The number of halogens is 1. The fourth-order valence-electron chi connectivity index (χ4n) is 4.24. The van der Waals surface area contributed by atoms with E-state index in [2.05, 4.69) is 14.9 Å². The molecule has 7 nitrogen and oxygen atoms in total.